The van der Waals surface area contributed by atoms with Crippen molar-refractivity contribution >= 4 is 0 Å². The van der Waals surface area contributed by atoms with Gasteiger partial charge < -0.3 is 26.7 Å². The summed E-state index contributed by atoms with van der Waals surface area (Å²) in [5.41, 5.74) is 0. The molecule has 4 heteroatoms. The van der Waals surface area contributed by atoms with E-state index in [0.717, 1.165) is 11.8 Å². The molecule has 0 spiro atoms. The summed E-state index contributed by atoms with van der Waals surface area (Å²) in [5.74, 6) is 1.63. The van der Waals surface area contributed by atoms with E-state index in [-0.39, 0.29) is 131 Å². The van der Waals surface area contributed by atoms with Gasteiger partial charge in [-0.15, -0.1) is 12.8 Å². The first kappa shape index (κ1) is 34.0. The first-order valence-corrected chi connectivity index (χ1v) is 8.08. The predicted octanol–water partition coefficient (Wildman–Crippen LogP) is 5.98. The third kappa shape index (κ3) is 22.5. The third-order valence-corrected chi connectivity index (χ3v) is 4.08. The number of hydrogen-bond donors (Lipinski definition) is 0. The second-order valence-corrected chi connectivity index (χ2v) is 6.03. The molecule has 4 aliphatic rings. The smallest absolute Gasteiger partial charge is 0 e. The van der Waals surface area contributed by atoms with Crippen LogP contribution in [0.2, 0.25) is 0 Å². The summed E-state index contributed by atoms with van der Waals surface area (Å²) in [5, 5.41) is 0. The van der Waals surface area contributed by atoms with Gasteiger partial charge in [-0.05, 0) is 0 Å². The van der Waals surface area contributed by atoms with Crippen molar-refractivity contribution in [3.05, 3.63) is 26.7 Å². The minimum Gasteiger partial charge on any atom is -0.340 e. The van der Waals surface area contributed by atoms with E-state index >= 15 is 0 Å². The zero-order valence-electron chi connectivity index (χ0n) is 14.5. The predicted molar refractivity (Wildman–Crippen MR) is 81.7 cm³/mol. The summed E-state index contributed by atoms with van der Waals surface area (Å²) in [6.07, 6.45) is 21.3. The van der Waals surface area contributed by atoms with Crippen molar-refractivity contribution in [1.82, 2.24) is 0 Å². The van der Waals surface area contributed by atoms with Gasteiger partial charge in [0.2, 0.25) is 0 Å². The quantitative estimate of drug-likeness (QED) is 0.299. The molecule has 0 aliphatic heterocycles. The molecule has 0 bridgehead atoms. The van der Waals surface area contributed by atoms with E-state index in [1.54, 1.807) is 0 Å². The van der Waals surface area contributed by atoms with Gasteiger partial charge in [-0.25, -0.2) is 0 Å². The number of rotatable bonds is 0. The fraction of sp³-hybridized carbons (Fsp3) is 0.778. The van der Waals surface area contributed by atoms with E-state index in [0.29, 0.717) is 0 Å². The van der Waals surface area contributed by atoms with Crippen molar-refractivity contribution in [2.75, 3.05) is 0 Å². The molecule has 4 radical (unpaired) electrons. The van der Waals surface area contributed by atoms with E-state index < -0.39 is 0 Å². The molecule has 22 heavy (non-hydrogen) atoms. The Bertz CT molecular complexity index is 144. The van der Waals surface area contributed by atoms with Gasteiger partial charge in [0, 0.05) is 131 Å². The monoisotopic (exact) mass is 604 g/mol. The summed E-state index contributed by atoms with van der Waals surface area (Å²) in [6, 6.07) is 0. The Balaban J connectivity index is -0.0000000929. The van der Waals surface area contributed by atoms with Crippen LogP contribution in [0.5, 0.6) is 0 Å². The van der Waals surface area contributed by atoms with Gasteiger partial charge in [-0.1, -0.05) is 38.5 Å². The van der Waals surface area contributed by atoms with Crippen LogP contribution < -0.4 is 0 Å². The van der Waals surface area contributed by atoms with Crippen molar-refractivity contribution in [3.63, 3.8) is 0 Å². The Morgan fingerprint density at radius 3 is 0.636 bits per heavy atom. The fourth-order valence-electron chi connectivity index (χ4n) is 1.39. The zero-order chi connectivity index (χ0) is 13.1. The molecule has 0 atom stereocenters. The molecule has 0 aromatic heterocycles. The van der Waals surface area contributed by atoms with Crippen molar-refractivity contribution in [2.45, 2.75) is 77.0 Å². The van der Waals surface area contributed by atoms with E-state index in [9.17, 15) is 0 Å². The molecule has 0 unspecified atom stereocenters. The van der Waals surface area contributed by atoms with Gasteiger partial charge in [0.05, 0.1) is 0 Å². The molecule has 4 aliphatic carbocycles. The Morgan fingerprint density at radius 1 is 0.500 bits per heavy atom. The maximum Gasteiger partial charge on any atom is 0 e. The second kappa shape index (κ2) is 25.4. The van der Waals surface area contributed by atoms with Gasteiger partial charge in [0.25, 0.3) is 0 Å². The van der Waals surface area contributed by atoms with Crippen molar-refractivity contribution in [1.29, 1.82) is 0 Å². The molecule has 0 nitrogen and oxygen atoms in total. The normalized spacial score (nSPS) is 20.5. The summed E-state index contributed by atoms with van der Waals surface area (Å²) < 4.78 is 0. The summed E-state index contributed by atoms with van der Waals surface area (Å²) in [6.45, 7) is 7.69. The van der Waals surface area contributed by atoms with Crippen LogP contribution in [0, 0.1) is 38.5 Å². The SMILES string of the molecule is [CH-]1CCC1.[CH-]1CCC1.[CH2-]C1CCC1.[CH2-]C1CCC1.[Y].[Y].[Y].[Y]. The van der Waals surface area contributed by atoms with Gasteiger partial charge in [0.15, 0.2) is 0 Å². The minimum atomic E-state index is 0. The maximum atomic E-state index is 3.84. The van der Waals surface area contributed by atoms with Crippen LogP contribution in [0.3, 0.4) is 0 Å². The standard InChI is InChI=1S/2C5H9.2C4H7.4Y/c2*1-5-3-2-4-5;2*1-2-4-3-1;;;;/h2*5H,1-4H2;2*1H,2-4H2;;;;/q4*-1;;;;. The van der Waals surface area contributed by atoms with Gasteiger partial charge >= 0.3 is 0 Å². The van der Waals surface area contributed by atoms with Gasteiger partial charge in [-0.2, -0.15) is 37.5 Å². The Kier molecular flexibility index (Phi) is 39.2. The van der Waals surface area contributed by atoms with Crippen LogP contribution in [0.15, 0.2) is 0 Å². The van der Waals surface area contributed by atoms with Crippen molar-refractivity contribution in [3.8, 4) is 0 Å². The molecule has 0 aromatic rings. The van der Waals surface area contributed by atoms with E-state index in [2.05, 4.69) is 26.7 Å². The fourth-order valence-corrected chi connectivity index (χ4v) is 1.39. The average molecular weight is 604 g/mol. The van der Waals surface area contributed by atoms with E-state index in [1.165, 1.54) is 77.0 Å². The first-order valence-electron chi connectivity index (χ1n) is 8.08. The maximum absolute atomic E-state index is 3.84. The first-order chi connectivity index (χ1) is 8.79. The summed E-state index contributed by atoms with van der Waals surface area (Å²) >= 11 is 0. The topological polar surface area (TPSA) is 0 Å². The van der Waals surface area contributed by atoms with Crippen molar-refractivity contribution in [2.24, 2.45) is 11.8 Å². The van der Waals surface area contributed by atoms with Crippen LogP contribution in [0.25, 0.3) is 0 Å². The molecule has 0 heterocycles. The summed E-state index contributed by atoms with van der Waals surface area (Å²) in [4.78, 5) is 0. The zero-order valence-corrected chi connectivity index (χ0v) is 25.9. The molecule has 4 saturated carbocycles. The third-order valence-electron chi connectivity index (χ3n) is 4.08. The molecule has 4 fully saturated rings. The molecule has 4 rings (SSSR count). The molecular weight excluding hydrogens is 572 g/mol. The molecule has 120 valence electrons. The van der Waals surface area contributed by atoms with Gasteiger partial charge in [0.1, 0.15) is 0 Å². The van der Waals surface area contributed by atoms with Crippen LogP contribution in [-0.4, -0.2) is 0 Å². The van der Waals surface area contributed by atoms with Gasteiger partial charge in [-0.3, -0.25) is 0 Å². The van der Waals surface area contributed by atoms with Crippen LogP contribution in [0.1, 0.15) is 77.0 Å². The van der Waals surface area contributed by atoms with Crippen molar-refractivity contribution < 1.29 is 131 Å². The second-order valence-electron chi connectivity index (χ2n) is 6.03. The van der Waals surface area contributed by atoms with Crippen LogP contribution in [0.4, 0.5) is 0 Å². The largest absolute Gasteiger partial charge is 0.340 e. The van der Waals surface area contributed by atoms with E-state index in [4.69, 9.17) is 0 Å². The molecule has 0 N–H and O–H groups in total. The molecule has 0 aromatic carbocycles. The van der Waals surface area contributed by atoms with Crippen LogP contribution in [-0.2, 0) is 131 Å². The Morgan fingerprint density at radius 2 is 0.636 bits per heavy atom. The Labute approximate surface area is 241 Å². The molecular formula is C18H32Y4-4. The summed E-state index contributed by atoms with van der Waals surface area (Å²) in [7, 11) is 0. The average Bonchev–Trinajstić information content (AvgIpc) is 2.07. The Hall–Kier alpha value is 4.42. The number of hydrogen-bond acceptors (Lipinski definition) is 0. The van der Waals surface area contributed by atoms with Crippen LogP contribution >= 0.6 is 0 Å². The molecule has 0 amide bonds. The van der Waals surface area contributed by atoms with E-state index in [1.807, 2.05) is 0 Å². The molecule has 0 saturated heterocycles. The minimum absolute atomic E-state index is 0.